The Morgan fingerprint density at radius 2 is 2.11 bits per heavy atom. The molecule has 54 valence electrons. The molecule has 0 saturated carbocycles. The van der Waals surface area contributed by atoms with Crippen molar-refractivity contribution < 1.29 is 10.9 Å². The minimum absolute atomic E-state index is 0. The van der Waals surface area contributed by atoms with Gasteiger partial charge in [0.05, 0.1) is 0 Å². The summed E-state index contributed by atoms with van der Waals surface area (Å²) in [6.45, 7) is 7.11. The summed E-state index contributed by atoms with van der Waals surface area (Å²) < 4.78 is 0. The number of carbonyl (C=O) groups excluding carboxylic acids is 1. The summed E-state index contributed by atoms with van der Waals surface area (Å²) >= 11 is 0. The van der Waals surface area contributed by atoms with Crippen molar-refractivity contribution in [2.45, 2.75) is 19.9 Å². The zero-order valence-electron chi connectivity index (χ0n) is 5.62. The summed E-state index contributed by atoms with van der Waals surface area (Å²) in [4.78, 5) is 10.4. The predicted octanol–water partition coefficient (Wildman–Crippen LogP) is 0.697. The fourth-order valence-corrected chi connectivity index (χ4v) is 0.343. The molecule has 0 fully saturated rings. The van der Waals surface area contributed by atoms with Gasteiger partial charge in [-0.3, -0.25) is 4.79 Å². The van der Waals surface area contributed by atoms with Gasteiger partial charge in [0.25, 0.3) is 0 Å². The van der Waals surface area contributed by atoms with E-state index in [1.165, 1.54) is 6.08 Å². The molecule has 0 aromatic heterocycles. The van der Waals surface area contributed by atoms with Crippen LogP contribution in [0.4, 0.5) is 0 Å². The Morgan fingerprint density at radius 3 is 2.22 bits per heavy atom. The van der Waals surface area contributed by atoms with E-state index in [0.717, 1.165) is 0 Å². The zero-order chi connectivity index (χ0) is 6.57. The summed E-state index contributed by atoms with van der Waals surface area (Å²) in [5.41, 5.74) is 0. The quantitative estimate of drug-likeness (QED) is 0.552. The second-order valence-electron chi connectivity index (χ2n) is 1.87. The third-order valence-corrected chi connectivity index (χ3v) is 0.616. The molecule has 0 atom stereocenters. The maximum atomic E-state index is 10.4. The molecule has 2 nitrogen and oxygen atoms in total. The normalized spacial score (nSPS) is 7.89. The second-order valence-corrected chi connectivity index (χ2v) is 1.87. The number of carbonyl (C=O) groups is 1. The van der Waals surface area contributed by atoms with Crippen LogP contribution in [0.3, 0.4) is 0 Å². The second kappa shape index (κ2) is 5.26. The monoisotopic (exact) mass is 133 g/mol. The largest absolute Gasteiger partial charge is 0.350 e. The number of rotatable bonds is 2. The van der Waals surface area contributed by atoms with Gasteiger partial charge in [-0.05, 0) is 19.9 Å². The topological polar surface area (TPSA) is 29.1 Å². The van der Waals surface area contributed by atoms with Crippen molar-refractivity contribution >= 4 is 5.91 Å². The molecule has 1 amide bonds. The molecule has 0 aromatic carbocycles. The van der Waals surface area contributed by atoms with Crippen LogP contribution in [0, 0.1) is 6.15 Å². The Balaban J connectivity index is 0. The average molecular weight is 133 g/mol. The Morgan fingerprint density at radius 1 is 1.67 bits per heavy atom. The van der Waals surface area contributed by atoms with E-state index in [-0.39, 0.29) is 18.1 Å². The third-order valence-electron chi connectivity index (χ3n) is 0.616. The van der Waals surface area contributed by atoms with Crippen LogP contribution in [0.2, 0.25) is 0 Å². The van der Waals surface area contributed by atoms with E-state index in [9.17, 15) is 4.79 Å². The van der Waals surface area contributed by atoms with Crippen LogP contribution in [-0.4, -0.2) is 11.9 Å². The molecular formula is C6H11NNeO. The molecule has 1 N–H and O–H groups in total. The van der Waals surface area contributed by atoms with Crippen LogP contribution >= 0.6 is 0 Å². The fourth-order valence-electron chi connectivity index (χ4n) is 0.343. The van der Waals surface area contributed by atoms with Crippen molar-refractivity contribution in [3.63, 3.8) is 0 Å². The van der Waals surface area contributed by atoms with Gasteiger partial charge in [-0.15, -0.1) is 0 Å². The summed E-state index contributed by atoms with van der Waals surface area (Å²) in [7, 11) is 0. The number of hydrogen-bond donors (Lipinski definition) is 1. The van der Waals surface area contributed by atoms with Crippen molar-refractivity contribution in [1.82, 2.24) is 5.32 Å². The van der Waals surface area contributed by atoms with Crippen LogP contribution in [-0.2, 0) is 4.79 Å². The molecule has 0 unspecified atom stereocenters. The zero-order valence-corrected chi connectivity index (χ0v) is 5.62. The van der Waals surface area contributed by atoms with Crippen LogP contribution in [0.1, 0.15) is 13.8 Å². The Hall–Kier alpha value is -0.881. The summed E-state index contributed by atoms with van der Waals surface area (Å²) in [5.74, 6) is -0.111. The van der Waals surface area contributed by atoms with Crippen molar-refractivity contribution in [1.29, 1.82) is 0 Å². The molecule has 0 heterocycles. The van der Waals surface area contributed by atoms with E-state index in [1.54, 1.807) is 0 Å². The summed E-state index contributed by atoms with van der Waals surface area (Å²) in [6, 6.07) is 0.209. The molecule has 0 saturated heterocycles. The van der Waals surface area contributed by atoms with E-state index in [0.29, 0.717) is 0 Å². The Kier molecular flexibility index (Phi) is 6.42. The molecule has 0 aliphatic carbocycles. The molecular weight excluding hydrogens is 122 g/mol. The van der Waals surface area contributed by atoms with Crippen molar-refractivity contribution in [3.8, 4) is 0 Å². The predicted molar refractivity (Wildman–Crippen MR) is 33.5 cm³/mol. The molecule has 3 heteroatoms. The average Bonchev–Trinajstić information content (AvgIpc) is 1.65. The van der Waals surface area contributed by atoms with Crippen LogP contribution in [0.25, 0.3) is 0 Å². The van der Waals surface area contributed by atoms with Gasteiger partial charge < -0.3 is 5.32 Å². The van der Waals surface area contributed by atoms with Crippen molar-refractivity contribution in [2.24, 2.45) is 0 Å². The minimum atomic E-state index is -0.111. The molecule has 0 bridgehead atoms. The summed E-state index contributed by atoms with van der Waals surface area (Å²) in [5, 5.41) is 2.64. The molecule has 9 heavy (non-hydrogen) atoms. The van der Waals surface area contributed by atoms with E-state index in [1.807, 2.05) is 13.8 Å². The fraction of sp³-hybridized carbons (Fsp3) is 0.500. The number of hydrogen-bond acceptors (Lipinski definition) is 1. The smallest absolute Gasteiger partial charge is 0.243 e. The van der Waals surface area contributed by atoms with Crippen LogP contribution in [0.15, 0.2) is 12.7 Å². The van der Waals surface area contributed by atoms with Crippen LogP contribution < -0.4 is 5.32 Å². The Labute approximate surface area is 55.7 Å². The molecule has 0 radical (unpaired) electrons. The van der Waals surface area contributed by atoms with E-state index < -0.39 is 0 Å². The SMILES string of the molecule is C=CC(=O)NC(C)C.[Ne]. The summed E-state index contributed by atoms with van der Waals surface area (Å²) in [6.07, 6.45) is 1.26. The van der Waals surface area contributed by atoms with Gasteiger partial charge in [0.2, 0.25) is 5.91 Å². The van der Waals surface area contributed by atoms with Gasteiger partial charge in [-0.2, -0.15) is 0 Å². The standard InChI is InChI=1S/C6H11NO.Ne/c1-4-6(8)7-5(2)3;/h4-5H,1H2,2-3H3,(H,7,8);. The molecule has 0 aromatic rings. The van der Waals surface area contributed by atoms with E-state index in [4.69, 9.17) is 0 Å². The first kappa shape index (κ1) is 11.0. The number of nitrogens with one attached hydrogen (secondary N) is 1. The minimum Gasteiger partial charge on any atom is -0.350 e. The van der Waals surface area contributed by atoms with Crippen LogP contribution in [0.5, 0.6) is 0 Å². The van der Waals surface area contributed by atoms with E-state index >= 15 is 0 Å². The molecule has 0 aliphatic heterocycles. The molecule has 0 rings (SSSR count). The van der Waals surface area contributed by atoms with Gasteiger partial charge in [-0.25, -0.2) is 0 Å². The first-order valence-electron chi connectivity index (χ1n) is 2.59. The van der Waals surface area contributed by atoms with Gasteiger partial charge in [0.1, 0.15) is 0 Å². The maximum Gasteiger partial charge on any atom is 0.243 e. The van der Waals surface area contributed by atoms with Gasteiger partial charge in [0.15, 0.2) is 0 Å². The first-order valence-corrected chi connectivity index (χ1v) is 2.59. The molecule has 0 aliphatic rings. The van der Waals surface area contributed by atoms with Gasteiger partial charge >= 0.3 is 0 Å². The molecule has 0 spiro atoms. The van der Waals surface area contributed by atoms with Crippen molar-refractivity contribution in [3.05, 3.63) is 12.7 Å². The Bertz CT molecular complexity index is 101. The first-order chi connectivity index (χ1) is 3.66. The maximum absolute atomic E-state index is 10.4. The number of amides is 1. The third kappa shape index (κ3) is 7.12. The van der Waals surface area contributed by atoms with Crippen molar-refractivity contribution in [2.75, 3.05) is 0 Å². The van der Waals surface area contributed by atoms with E-state index in [2.05, 4.69) is 11.9 Å². The van der Waals surface area contributed by atoms with Gasteiger partial charge in [0, 0.05) is 12.2 Å². The van der Waals surface area contributed by atoms with Gasteiger partial charge in [-0.1, -0.05) is 6.58 Å².